The molecule has 8 nitrogen and oxygen atoms in total. The number of carboxylic acids is 1. The van der Waals surface area contributed by atoms with Crippen LogP contribution in [-0.2, 0) is 21.2 Å². The second-order valence-electron chi connectivity index (χ2n) is 11.1. The molecule has 4 aromatic rings. The van der Waals surface area contributed by atoms with E-state index in [2.05, 4.69) is 10.0 Å². The maximum Gasteiger partial charge on any atom is 0.306 e. The zero-order valence-electron chi connectivity index (χ0n) is 22.5. The quantitative estimate of drug-likeness (QED) is 0.264. The van der Waals surface area contributed by atoms with Crippen molar-refractivity contribution < 1.29 is 23.1 Å². The molecule has 3 aromatic carbocycles. The molecular weight excluding hydrogens is 546 g/mol. The summed E-state index contributed by atoms with van der Waals surface area (Å²) in [7, 11) is -3.80. The Morgan fingerprint density at radius 3 is 2.27 bits per heavy atom. The van der Waals surface area contributed by atoms with Gasteiger partial charge in [0.1, 0.15) is 0 Å². The molecule has 0 aliphatic heterocycles. The number of thiazole rings is 1. The third-order valence-electron chi connectivity index (χ3n) is 6.79. The number of hydrogen-bond donors (Lipinski definition) is 3. The number of carbonyl (C=O) groups excluding carboxylic acids is 1. The van der Waals surface area contributed by atoms with E-state index in [0.29, 0.717) is 30.3 Å². The number of amides is 1. The van der Waals surface area contributed by atoms with Crippen LogP contribution < -0.4 is 10.0 Å². The van der Waals surface area contributed by atoms with Crippen molar-refractivity contribution in [2.45, 2.75) is 56.5 Å². The van der Waals surface area contributed by atoms with Crippen LogP contribution >= 0.6 is 11.3 Å². The highest BCUT2D eigenvalue weighted by atomic mass is 32.2. The Labute approximate surface area is 237 Å². The number of carbonyl (C=O) groups is 2. The molecule has 1 heterocycles. The minimum atomic E-state index is -3.80. The maximum absolute atomic E-state index is 13.3. The average molecular weight is 578 g/mol. The number of fused-ring (bicyclic) bond motifs is 1. The lowest BCUT2D eigenvalue weighted by Gasteiger charge is -2.32. The van der Waals surface area contributed by atoms with Gasteiger partial charge in [-0.05, 0) is 50.6 Å². The van der Waals surface area contributed by atoms with Gasteiger partial charge in [-0.2, -0.15) is 0 Å². The first-order chi connectivity index (χ1) is 18.9. The third kappa shape index (κ3) is 5.94. The van der Waals surface area contributed by atoms with E-state index in [0.717, 1.165) is 21.4 Å². The van der Waals surface area contributed by atoms with Crippen LogP contribution in [0.15, 0.2) is 71.6 Å². The first kappa shape index (κ1) is 27.9. The molecule has 0 radical (unpaired) electrons. The Bertz CT molecular complexity index is 1690. The summed E-state index contributed by atoms with van der Waals surface area (Å²) in [6.45, 7) is 5.39. The molecule has 1 aromatic heterocycles. The monoisotopic (exact) mass is 577 g/mol. The largest absolute Gasteiger partial charge is 0.481 e. The molecule has 3 N–H and O–H groups in total. The molecule has 0 unspecified atom stereocenters. The Morgan fingerprint density at radius 1 is 0.975 bits per heavy atom. The Kier molecular flexibility index (Phi) is 7.52. The van der Waals surface area contributed by atoms with Crippen LogP contribution in [0.2, 0.25) is 0 Å². The molecule has 40 heavy (non-hydrogen) atoms. The van der Waals surface area contributed by atoms with Gasteiger partial charge < -0.3 is 10.4 Å². The predicted molar refractivity (Wildman–Crippen MR) is 156 cm³/mol. The number of carboxylic acid groups (broad SMARTS) is 1. The summed E-state index contributed by atoms with van der Waals surface area (Å²) in [4.78, 5) is 30.0. The summed E-state index contributed by atoms with van der Waals surface area (Å²) >= 11 is 1.26. The van der Waals surface area contributed by atoms with Crippen molar-refractivity contribution in [3.63, 3.8) is 0 Å². The van der Waals surface area contributed by atoms with Gasteiger partial charge in [0.25, 0.3) is 5.91 Å². The van der Waals surface area contributed by atoms with E-state index in [1.165, 1.54) is 11.3 Å². The summed E-state index contributed by atoms with van der Waals surface area (Å²) in [5, 5.41) is 13.7. The van der Waals surface area contributed by atoms with Crippen molar-refractivity contribution >= 4 is 44.0 Å². The van der Waals surface area contributed by atoms with Gasteiger partial charge in [-0.25, -0.2) is 18.1 Å². The smallest absolute Gasteiger partial charge is 0.306 e. The summed E-state index contributed by atoms with van der Waals surface area (Å²) in [5.41, 5.74) is 1.89. The molecule has 0 bridgehead atoms. The molecule has 0 saturated heterocycles. The zero-order valence-corrected chi connectivity index (χ0v) is 24.1. The molecular formula is C30H31N3O5S2. The minimum absolute atomic E-state index is 0.187. The van der Waals surface area contributed by atoms with Crippen LogP contribution in [0.1, 0.15) is 54.7 Å². The van der Waals surface area contributed by atoms with E-state index in [9.17, 15) is 18.0 Å². The fraction of sp³-hybridized carbons (Fsp3) is 0.300. The number of hydrogen-bond acceptors (Lipinski definition) is 6. The molecule has 1 saturated carbocycles. The van der Waals surface area contributed by atoms with Crippen LogP contribution in [-0.4, -0.2) is 42.0 Å². The molecule has 5 rings (SSSR count). The van der Waals surface area contributed by atoms with Crippen LogP contribution in [0.25, 0.3) is 21.2 Å². The SMILES string of the molecule is CC(C)(C)NS(=O)(=O)c1ccc(-c2sc(C(=O)NC3CC(C(=O)O)C3)nc2Cc2ccccc2)c2ccccc12. The van der Waals surface area contributed by atoms with Gasteiger partial charge >= 0.3 is 5.97 Å². The number of aromatic nitrogens is 1. The summed E-state index contributed by atoms with van der Waals surface area (Å²) < 4.78 is 29.3. The molecule has 1 fully saturated rings. The van der Waals surface area contributed by atoms with Crippen molar-refractivity contribution in [2.75, 3.05) is 0 Å². The van der Waals surface area contributed by atoms with Gasteiger partial charge in [0.15, 0.2) is 5.01 Å². The van der Waals surface area contributed by atoms with Gasteiger partial charge in [-0.15, -0.1) is 11.3 Å². The van der Waals surface area contributed by atoms with Crippen molar-refractivity contribution in [3.8, 4) is 10.4 Å². The number of rotatable bonds is 8. The molecule has 0 atom stereocenters. The van der Waals surface area contributed by atoms with Gasteiger partial charge in [-0.3, -0.25) is 9.59 Å². The molecule has 10 heteroatoms. The molecule has 0 spiro atoms. The number of sulfonamides is 1. The Balaban J connectivity index is 1.57. The fourth-order valence-electron chi connectivity index (χ4n) is 4.91. The highest BCUT2D eigenvalue weighted by Gasteiger charge is 2.36. The maximum atomic E-state index is 13.3. The van der Waals surface area contributed by atoms with Gasteiger partial charge in [0, 0.05) is 29.0 Å². The van der Waals surface area contributed by atoms with Gasteiger partial charge in [-0.1, -0.05) is 60.7 Å². The second-order valence-corrected chi connectivity index (χ2v) is 13.8. The Hall–Kier alpha value is -3.60. The lowest BCUT2D eigenvalue weighted by molar-refractivity contribution is -0.145. The summed E-state index contributed by atoms with van der Waals surface area (Å²) in [5.74, 6) is -1.61. The molecule has 1 aliphatic carbocycles. The highest BCUT2D eigenvalue weighted by molar-refractivity contribution is 7.89. The van der Waals surface area contributed by atoms with E-state index in [1.807, 2.05) is 48.5 Å². The number of aliphatic carboxylic acids is 1. The van der Waals surface area contributed by atoms with E-state index >= 15 is 0 Å². The number of nitrogens with one attached hydrogen (secondary N) is 2. The summed E-state index contributed by atoms with van der Waals surface area (Å²) in [6, 6.07) is 20.4. The first-order valence-corrected chi connectivity index (χ1v) is 15.3. The standard InChI is InChI=1S/C30H31N3O5S2/c1-30(2,3)33-40(37,38)25-14-13-23(21-11-7-8-12-22(21)25)26-24(15-18-9-5-4-6-10-18)32-28(39-26)27(34)31-20-16-19(17-20)29(35)36/h4-14,19-20,33H,15-17H2,1-3H3,(H,31,34)(H,35,36). The molecule has 1 aliphatic rings. The zero-order chi connectivity index (χ0) is 28.7. The second kappa shape index (κ2) is 10.8. The number of nitrogens with zero attached hydrogens (tertiary/aromatic N) is 1. The molecule has 1 amide bonds. The lowest BCUT2D eigenvalue weighted by atomic mass is 9.80. The van der Waals surface area contributed by atoms with E-state index < -0.39 is 27.4 Å². The van der Waals surface area contributed by atoms with Gasteiger partial charge in [0.05, 0.1) is 21.4 Å². The topological polar surface area (TPSA) is 125 Å². The highest BCUT2D eigenvalue weighted by Crippen LogP contribution is 2.39. The van der Waals surface area contributed by atoms with Crippen LogP contribution in [0.4, 0.5) is 0 Å². The minimum Gasteiger partial charge on any atom is -0.481 e. The predicted octanol–water partition coefficient (Wildman–Crippen LogP) is 5.22. The third-order valence-corrected chi connectivity index (χ3v) is 9.73. The van der Waals surface area contributed by atoms with Crippen LogP contribution in [0, 0.1) is 5.92 Å². The normalized spacial score (nSPS) is 17.4. The van der Waals surface area contributed by atoms with Crippen molar-refractivity contribution in [3.05, 3.63) is 83.0 Å². The average Bonchev–Trinajstić information content (AvgIpc) is 3.27. The van der Waals surface area contributed by atoms with Crippen LogP contribution in [0.3, 0.4) is 0 Å². The fourth-order valence-corrected chi connectivity index (χ4v) is 7.57. The lowest BCUT2D eigenvalue weighted by Crippen LogP contribution is -2.46. The number of benzene rings is 3. The van der Waals surface area contributed by atoms with Crippen molar-refractivity contribution in [1.29, 1.82) is 0 Å². The van der Waals surface area contributed by atoms with E-state index in [-0.39, 0.29) is 21.9 Å². The van der Waals surface area contributed by atoms with E-state index in [4.69, 9.17) is 10.1 Å². The molecule has 208 valence electrons. The Morgan fingerprint density at radius 2 is 1.62 bits per heavy atom. The first-order valence-electron chi connectivity index (χ1n) is 13.0. The van der Waals surface area contributed by atoms with Gasteiger partial charge in [0.2, 0.25) is 10.0 Å². The van der Waals surface area contributed by atoms with E-state index in [1.54, 1.807) is 39.0 Å². The van der Waals surface area contributed by atoms with Crippen molar-refractivity contribution in [2.24, 2.45) is 5.92 Å². The van der Waals surface area contributed by atoms with Crippen molar-refractivity contribution in [1.82, 2.24) is 15.0 Å². The summed E-state index contributed by atoms with van der Waals surface area (Å²) in [6.07, 6.45) is 1.29. The van der Waals surface area contributed by atoms with Crippen LogP contribution in [0.5, 0.6) is 0 Å².